The lowest BCUT2D eigenvalue weighted by atomic mass is 9.85. The molecule has 1 aromatic carbocycles. The summed E-state index contributed by atoms with van der Waals surface area (Å²) in [7, 11) is 1.85. The zero-order chi connectivity index (χ0) is 10.3. The van der Waals surface area contributed by atoms with Gasteiger partial charge in [-0.1, -0.05) is 24.3 Å². The van der Waals surface area contributed by atoms with Crippen molar-refractivity contribution in [1.82, 2.24) is 4.90 Å². The largest absolute Gasteiger partial charge is 0.268 e. The number of fused-ring (bicyclic) bond motifs is 1. The van der Waals surface area contributed by atoms with Crippen LogP contribution in [0.2, 0.25) is 0 Å². The summed E-state index contributed by atoms with van der Waals surface area (Å²) in [6.07, 6.45) is -0.0463. The van der Waals surface area contributed by atoms with E-state index in [-0.39, 0.29) is 5.54 Å². The van der Waals surface area contributed by atoms with E-state index in [1.165, 1.54) is 0 Å². The zero-order valence-corrected chi connectivity index (χ0v) is 8.92. The van der Waals surface area contributed by atoms with E-state index in [1.54, 1.807) is 4.90 Å². The molecule has 0 saturated carbocycles. The average molecular weight is 193 g/mol. The van der Waals surface area contributed by atoms with E-state index in [1.807, 2.05) is 31.3 Å². The molecule has 0 spiro atoms. The molecule has 0 aliphatic carbocycles. The molecule has 1 aromatic rings. The van der Waals surface area contributed by atoms with E-state index in [4.69, 9.17) is 0 Å². The fourth-order valence-corrected chi connectivity index (χ4v) is 2.03. The molecule has 0 aromatic heterocycles. The molecule has 1 aliphatic rings. The number of rotatable bonds is 0. The van der Waals surface area contributed by atoms with Crippen molar-refractivity contribution in [2.75, 3.05) is 7.05 Å². The van der Waals surface area contributed by atoms with Crippen LogP contribution in [0.1, 0.15) is 31.3 Å². The van der Waals surface area contributed by atoms with Gasteiger partial charge in [0, 0.05) is 11.1 Å². The maximum absolute atomic E-state index is 14.0. The Hall–Kier alpha value is -0.890. The summed E-state index contributed by atoms with van der Waals surface area (Å²) in [5, 5.41) is 0. The van der Waals surface area contributed by atoms with E-state index in [2.05, 4.69) is 13.8 Å². The molecule has 14 heavy (non-hydrogen) atoms. The molecular weight excluding hydrogens is 177 g/mol. The number of likely N-dealkylation sites (N-methyl/N-ethyl adjacent to an activating group) is 1. The van der Waals surface area contributed by atoms with Gasteiger partial charge in [-0.05, 0) is 32.9 Å². The number of halogens is 1. The third-order valence-electron chi connectivity index (χ3n) is 3.23. The third-order valence-corrected chi connectivity index (χ3v) is 3.23. The van der Waals surface area contributed by atoms with Crippen molar-refractivity contribution in [1.29, 1.82) is 0 Å². The highest BCUT2D eigenvalue weighted by atomic mass is 19.1. The van der Waals surface area contributed by atoms with Crippen molar-refractivity contribution in [3.8, 4) is 0 Å². The normalized spacial score (nSPS) is 25.9. The van der Waals surface area contributed by atoms with Crippen LogP contribution in [0.4, 0.5) is 4.39 Å². The molecule has 0 amide bonds. The number of benzene rings is 1. The number of hydrogen-bond donors (Lipinski definition) is 0. The smallest absolute Gasteiger partial charge is 0.179 e. The van der Waals surface area contributed by atoms with Gasteiger partial charge in [-0.25, -0.2) is 4.39 Å². The topological polar surface area (TPSA) is 3.24 Å². The number of hydrogen-bond acceptors (Lipinski definition) is 1. The molecule has 1 atom stereocenters. The predicted molar refractivity (Wildman–Crippen MR) is 55.8 cm³/mol. The lowest BCUT2D eigenvalue weighted by Gasteiger charge is -2.43. The lowest BCUT2D eigenvalue weighted by Crippen LogP contribution is -2.47. The number of alkyl halides is 1. The van der Waals surface area contributed by atoms with Crippen LogP contribution in [0.25, 0.3) is 0 Å². The van der Waals surface area contributed by atoms with Gasteiger partial charge in [-0.2, -0.15) is 0 Å². The molecule has 2 heteroatoms. The summed E-state index contributed by atoms with van der Waals surface area (Å²) in [5.74, 6) is 0. The Labute approximate surface area is 84.5 Å². The van der Waals surface area contributed by atoms with E-state index in [9.17, 15) is 4.39 Å². The first-order valence-electron chi connectivity index (χ1n) is 4.97. The van der Waals surface area contributed by atoms with Gasteiger partial charge in [-0.15, -0.1) is 0 Å². The van der Waals surface area contributed by atoms with Crippen LogP contribution in [0.15, 0.2) is 24.3 Å². The Morgan fingerprint density at radius 2 is 2.00 bits per heavy atom. The minimum absolute atomic E-state index is 0.0895. The predicted octanol–water partition coefficient (Wildman–Crippen LogP) is 2.92. The van der Waals surface area contributed by atoms with Gasteiger partial charge >= 0.3 is 0 Å². The van der Waals surface area contributed by atoms with Crippen molar-refractivity contribution in [2.24, 2.45) is 0 Å². The van der Waals surface area contributed by atoms with E-state index >= 15 is 0 Å². The quantitative estimate of drug-likeness (QED) is 0.573. The maximum atomic E-state index is 14.0. The highest BCUT2D eigenvalue weighted by molar-refractivity contribution is 5.33. The van der Waals surface area contributed by atoms with Crippen molar-refractivity contribution in [2.45, 2.75) is 32.1 Å². The zero-order valence-electron chi connectivity index (χ0n) is 8.92. The third kappa shape index (κ3) is 1.34. The van der Waals surface area contributed by atoms with Crippen LogP contribution in [0, 0.1) is 0 Å². The van der Waals surface area contributed by atoms with Crippen molar-refractivity contribution >= 4 is 0 Å². The van der Waals surface area contributed by atoms with Crippen LogP contribution >= 0.6 is 0 Å². The van der Waals surface area contributed by atoms with Gasteiger partial charge < -0.3 is 0 Å². The van der Waals surface area contributed by atoms with Crippen LogP contribution in [0.3, 0.4) is 0 Å². The fourth-order valence-electron chi connectivity index (χ4n) is 2.03. The molecule has 1 nitrogen and oxygen atoms in total. The van der Waals surface area contributed by atoms with Crippen molar-refractivity contribution in [3.05, 3.63) is 35.4 Å². The molecule has 0 fully saturated rings. The first-order chi connectivity index (χ1) is 6.52. The summed E-state index contributed by atoms with van der Waals surface area (Å²) < 4.78 is 14.0. The number of nitrogens with zero attached hydrogens (tertiary/aromatic N) is 1. The molecule has 0 saturated heterocycles. The first kappa shape index (κ1) is 9.66. The summed E-state index contributed by atoms with van der Waals surface area (Å²) >= 11 is 0. The Morgan fingerprint density at radius 3 is 2.71 bits per heavy atom. The average Bonchev–Trinajstić information content (AvgIpc) is 2.14. The molecule has 0 bridgehead atoms. The summed E-state index contributed by atoms with van der Waals surface area (Å²) in [6.45, 7) is 4.16. The molecule has 1 heterocycles. The fraction of sp³-hybridized carbons (Fsp3) is 0.500. The molecule has 2 rings (SSSR count). The first-order valence-corrected chi connectivity index (χ1v) is 4.97. The van der Waals surface area contributed by atoms with Gasteiger partial charge in [0.25, 0.3) is 0 Å². The van der Waals surface area contributed by atoms with Crippen LogP contribution in [0.5, 0.6) is 0 Å². The molecule has 1 aliphatic heterocycles. The molecule has 0 N–H and O–H groups in total. The molecule has 1 unspecified atom stereocenters. The Balaban J connectivity index is 2.48. The second-order valence-corrected chi connectivity index (χ2v) is 4.63. The van der Waals surface area contributed by atoms with E-state index in [0.29, 0.717) is 0 Å². The standard InChI is InChI=1S/C12H16FN/c1-12(2)8-9-6-4-5-7-10(9)11(13)14(12)3/h4-7,11H,8H2,1-3H3. The van der Waals surface area contributed by atoms with Gasteiger partial charge in [0.2, 0.25) is 0 Å². The Kier molecular flexibility index (Phi) is 2.11. The Morgan fingerprint density at radius 1 is 1.36 bits per heavy atom. The highest BCUT2D eigenvalue weighted by Gasteiger charge is 2.36. The van der Waals surface area contributed by atoms with Gasteiger partial charge in [0.1, 0.15) is 0 Å². The minimum Gasteiger partial charge on any atom is -0.268 e. The highest BCUT2D eigenvalue weighted by Crippen LogP contribution is 2.37. The van der Waals surface area contributed by atoms with Gasteiger partial charge in [-0.3, -0.25) is 4.90 Å². The Bertz CT molecular complexity index is 346. The van der Waals surface area contributed by atoms with E-state index < -0.39 is 6.30 Å². The van der Waals surface area contributed by atoms with Crippen LogP contribution in [-0.2, 0) is 6.42 Å². The SMILES string of the molecule is CN1C(F)c2ccccc2CC1(C)C. The maximum Gasteiger partial charge on any atom is 0.179 e. The second-order valence-electron chi connectivity index (χ2n) is 4.63. The second kappa shape index (κ2) is 3.06. The monoisotopic (exact) mass is 193 g/mol. The molecule has 0 radical (unpaired) electrons. The summed E-state index contributed by atoms with van der Waals surface area (Å²) in [5.41, 5.74) is 1.88. The van der Waals surface area contributed by atoms with Gasteiger partial charge in [0.15, 0.2) is 6.30 Å². The molecule has 76 valence electrons. The van der Waals surface area contributed by atoms with E-state index in [0.717, 1.165) is 17.5 Å². The van der Waals surface area contributed by atoms with Gasteiger partial charge in [0.05, 0.1) is 0 Å². The summed E-state index contributed by atoms with van der Waals surface area (Å²) in [6, 6.07) is 7.78. The van der Waals surface area contributed by atoms with Crippen LogP contribution < -0.4 is 0 Å². The van der Waals surface area contributed by atoms with Crippen molar-refractivity contribution < 1.29 is 4.39 Å². The summed E-state index contributed by atoms with van der Waals surface area (Å²) in [4.78, 5) is 1.80. The lowest BCUT2D eigenvalue weighted by molar-refractivity contribution is 0.00729. The van der Waals surface area contributed by atoms with Crippen LogP contribution in [-0.4, -0.2) is 17.5 Å². The minimum atomic E-state index is -0.963. The van der Waals surface area contributed by atoms with Crippen molar-refractivity contribution in [3.63, 3.8) is 0 Å². The molecular formula is C12H16FN.